The number of fused-ring (bicyclic) bond motifs is 1. The number of methoxy groups -OCH3 is 1. The molecule has 1 fully saturated rings. The Morgan fingerprint density at radius 1 is 1.25 bits per heavy atom. The van der Waals surface area contributed by atoms with E-state index in [1.165, 1.54) is 0 Å². The number of carboxylic acids is 1. The third kappa shape index (κ3) is 6.54. The van der Waals surface area contributed by atoms with Crippen molar-refractivity contribution in [2.24, 2.45) is 11.8 Å². The van der Waals surface area contributed by atoms with Gasteiger partial charge >= 0.3 is 5.97 Å². The Bertz CT molecular complexity index is 1170. The van der Waals surface area contributed by atoms with Crippen LogP contribution in [-0.4, -0.2) is 47.7 Å². The lowest BCUT2D eigenvalue weighted by molar-refractivity contribution is -0.146. The molecule has 3 aromatic rings. The van der Waals surface area contributed by atoms with Crippen LogP contribution in [0.3, 0.4) is 0 Å². The quantitative estimate of drug-likeness (QED) is 0.288. The molecular weight excluding hydrogens is 479 g/mol. The summed E-state index contributed by atoms with van der Waals surface area (Å²) in [5.41, 5.74) is 2.46. The number of aliphatic carboxylic acids is 1. The number of halogens is 2. The molecule has 1 unspecified atom stereocenters. The Morgan fingerprint density at radius 3 is 2.86 bits per heavy atom. The van der Waals surface area contributed by atoms with Crippen LogP contribution in [0.25, 0.3) is 10.9 Å². The molecule has 1 saturated heterocycles. The van der Waals surface area contributed by atoms with Crippen molar-refractivity contribution in [3.63, 3.8) is 0 Å². The lowest BCUT2D eigenvalue weighted by Gasteiger charge is -2.37. The first-order valence-electron chi connectivity index (χ1n) is 12.7. The molecule has 192 valence electrons. The number of carboxylic acid groups (broad SMARTS) is 1. The van der Waals surface area contributed by atoms with Crippen molar-refractivity contribution in [3.05, 3.63) is 70.9 Å². The van der Waals surface area contributed by atoms with Crippen LogP contribution in [0.4, 0.5) is 4.39 Å². The number of aromatic nitrogens is 1. The fraction of sp³-hybridized carbons (Fsp3) is 0.448. The van der Waals surface area contributed by atoms with Crippen molar-refractivity contribution < 1.29 is 19.0 Å². The van der Waals surface area contributed by atoms with Crippen LogP contribution in [-0.2, 0) is 11.2 Å². The van der Waals surface area contributed by atoms with Gasteiger partial charge in [0.2, 0.25) is 0 Å². The van der Waals surface area contributed by atoms with E-state index in [0.29, 0.717) is 30.7 Å². The van der Waals surface area contributed by atoms with E-state index in [-0.39, 0.29) is 5.92 Å². The first kappa shape index (κ1) is 26.4. The van der Waals surface area contributed by atoms with Crippen molar-refractivity contribution in [1.82, 2.24) is 9.88 Å². The number of unbranched alkanes of at least 4 members (excludes halogenated alkanes) is 1. The topological polar surface area (TPSA) is 62.7 Å². The number of hydrogen-bond acceptors (Lipinski definition) is 4. The van der Waals surface area contributed by atoms with Gasteiger partial charge in [0.25, 0.3) is 0 Å². The van der Waals surface area contributed by atoms with Gasteiger partial charge in [-0.25, -0.2) is 4.39 Å². The fourth-order valence-electron chi connectivity index (χ4n) is 5.31. The van der Waals surface area contributed by atoms with Gasteiger partial charge in [-0.1, -0.05) is 29.8 Å². The van der Waals surface area contributed by atoms with E-state index in [2.05, 4.69) is 16.0 Å². The maximum Gasteiger partial charge on any atom is 0.308 e. The predicted molar refractivity (Wildman–Crippen MR) is 141 cm³/mol. The van der Waals surface area contributed by atoms with E-state index < -0.39 is 18.1 Å². The monoisotopic (exact) mass is 512 g/mol. The van der Waals surface area contributed by atoms with Gasteiger partial charge < -0.3 is 14.7 Å². The number of likely N-dealkylation sites (tertiary alicyclic amines) is 1. The Balaban J connectivity index is 1.30. The molecule has 1 N–H and O–H groups in total. The molecule has 1 aromatic heterocycles. The standard InChI is InChI=1S/C29H34ClFN2O3/c1-36-22-10-12-28-24(18-22)23(13-15-32-28)27(31)11-9-20-14-17-33(19-25(20)29(34)35)16-5-4-7-21-6-2-3-8-26(21)30/h2-3,6,8,10,12-13,15,18,20,25,27H,4-5,7,9,11,14,16-17,19H2,1H3,(H,34,35)/t20-,25+,27?/m1/s1. The van der Waals surface area contributed by atoms with Gasteiger partial charge in [0.1, 0.15) is 11.9 Å². The first-order chi connectivity index (χ1) is 17.5. The van der Waals surface area contributed by atoms with Gasteiger partial charge in [-0.15, -0.1) is 0 Å². The Morgan fingerprint density at radius 2 is 2.08 bits per heavy atom. The lowest BCUT2D eigenvalue weighted by atomic mass is 9.81. The summed E-state index contributed by atoms with van der Waals surface area (Å²) in [4.78, 5) is 18.6. The summed E-state index contributed by atoms with van der Waals surface area (Å²) in [6.07, 6.45) is 4.99. The van der Waals surface area contributed by atoms with Gasteiger partial charge in [0, 0.05) is 23.2 Å². The number of ether oxygens (including phenoxy) is 1. The summed E-state index contributed by atoms with van der Waals surface area (Å²) in [5, 5.41) is 11.4. The van der Waals surface area contributed by atoms with E-state index in [0.717, 1.165) is 60.3 Å². The van der Waals surface area contributed by atoms with E-state index in [1.807, 2.05) is 36.4 Å². The van der Waals surface area contributed by atoms with Crippen molar-refractivity contribution in [1.29, 1.82) is 0 Å². The summed E-state index contributed by atoms with van der Waals surface area (Å²) in [6, 6.07) is 15.1. The van der Waals surface area contributed by atoms with Crippen LogP contribution in [0.15, 0.2) is 54.7 Å². The van der Waals surface area contributed by atoms with Crippen LogP contribution >= 0.6 is 11.6 Å². The molecule has 0 amide bonds. The molecule has 7 heteroatoms. The molecule has 0 spiro atoms. The van der Waals surface area contributed by atoms with Crippen molar-refractivity contribution in [2.45, 2.75) is 44.7 Å². The second kappa shape index (κ2) is 12.5. The minimum Gasteiger partial charge on any atom is -0.497 e. The fourth-order valence-corrected chi connectivity index (χ4v) is 5.54. The zero-order chi connectivity index (χ0) is 25.5. The molecule has 4 rings (SSSR count). The van der Waals surface area contributed by atoms with Gasteiger partial charge in [-0.2, -0.15) is 0 Å². The molecule has 1 aliphatic heterocycles. The highest BCUT2D eigenvalue weighted by Gasteiger charge is 2.34. The molecule has 3 atom stereocenters. The number of pyridine rings is 1. The van der Waals surface area contributed by atoms with Crippen LogP contribution in [0.2, 0.25) is 5.02 Å². The Kier molecular flexibility index (Phi) is 9.16. The van der Waals surface area contributed by atoms with Gasteiger partial charge in [0.15, 0.2) is 0 Å². The summed E-state index contributed by atoms with van der Waals surface area (Å²) >= 11 is 6.24. The number of rotatable bonds is 11. The maximum atomic E-state index is 15.4. The number of benzene rings is 2. The molecule has 36 heavy (non-hydrogen) atoms. The SMILES string of the molecule is COc1ccc2nccc(C(F)CC[C@@H]3CCN(CCCCc4ccccc4Cl)C[C@@H]3C(=O)O)c2c1. The molecule has 1 aliphatic rings. The zero-order valence-electron chi connectivity index (χ0n) is 20.7. The molecule has 5 nitrogen and oxygen atoms in total. The normalized spacial score (nSPS) is 19.3. The predicted octanol–water partition coefficient (Wildman–Crippen LogP) is 6.73. The van der Waals surface area contributed by atoms with Crippen molar-refractivity contribution >= 4 is 28.5 Å². The molecule has 0 saturated carbocycles. The summed E-state index contributed by atoms with van der Waals surface area (Å²) in [5.74, 6) is -0.615. The average Bonchev–Trinajstić information content (AvgIpc) is 2.90. The van der Waals surface area contributed by atoms with Gasteiger partial charge in [-0.05, 0) is 99.0 Å². The highest BCUT2D eigenvalue weighted by molar-refractivity contribution is 6.31. The number of piperidine rings is 1. The maximum absolute atomic E-state index is 15.4. The number of aryl methyl sites for hydroxylation is 1. The highest BCUT2D eigenvalue weighted by Crippen LogP contribution is 2.35. The zero-order valence-corrected chi connectivity index (χ0v) is 21.5. The molecule has 0 bridgehead atoms. The molecule has 0 radical (unpaired) electrons. The molecule has 0 aliphatic carbocycles. The second-order valence-corrected chi connectivity index (χ2v) is 10.1. The minimum absolute atomic E-state index is 0.0252. The third-order valence-electron chi connectivity index (χ3n) is 7.40. The molecule has 2 aromatic carbocycles. The van der Waals surface area contributed by atoms with Crippen molar-refractivity contribution in [2.75, 3.05) is 26.7 Å². The van der Waals surface area contributed by atoms with Crippen LogP contribution in [0, 0.1) is 11.8 Å². The lowest BCUT2D eigenvalue weighted by Crippen LogP contribution is -2.44. The van der Waals surface area contributed by atoms with E-state index in [4.69, 9.17) is 16.3 Å². The van der Waals surface area contributed by atoms with Crippen LogP contribution in [0.1, 0.15) is 49.4 Å². The van der Waals surface area contributed by atoms with Crippen molar-refractivity contribution in [3.8, 4) is 5.75 Å². The highest BCUT2D eigenvalue weighted by atomic mass is 35.5. The second-order valence-electron chi connectivity index (χ2n) is 9.67. The number of hydrogen-bond donors (Lipinski definition) is 1. The number of nitrogens with zero attached hydrogens (tertiary/aromatic N) is 2. The van der Waals surface area contributed by atoms with Gasteiger partial charge in [0.05, 0.1) is 18.5 Å². The van der Waals surface area contributed by atoms with Crippen LogP contribution in [0.5, 0.6) is 5.75 Å². The molecule has 2 heterocycles. The summed E-state index contributed by atoms with van der Waals surface area (Å²) in [6.45, 7) is 2.25. The van der Waals surface area contributed by atoms with Crippen LogP contribution < -0.4 is 4.74 Å². The largest absolute Gasteiger partial charge is 0.497 e. The average molecular weight is 513 g/mol. The summed E-state index contributed by atoms with van der Waals surface area (Å²) in [7, 11) is 1.58. The minimum atomic E-state index is -1.18. The molecular formula is C29H34ClFN2O3. The number of alkyl halides is 1. The number of carbonyl (C=O) groups is 1. The third-order valence-corrected chi connectivity index (χ3v) is 7.77. The Labute approximate surface area is 217 Å². The smallest absolute Gasteiger partial charge is 0.308 e. The Hall–Kier alpha value is -2.70. The van der Waals surface area contributed by atoms with E-state index in [9.17, 15) is 9.90 Å². The van der Waals surface area contributed by atoms with E-state index in [1.54, 1.807) is 19.4 Å². The van der Waals surface area contributed by atoms with E-state index >= 15 is 4.39 Å². The first-order valence-corrected chi connectivity index (χ1v) is 13.1. The van der Waals surface area contributed by atoms with Gasteiger partial charge in [-0.3, -0.25) is 9.78 Å². The summed E-state index contributed by atoms with van der Waals surface area (Å²) < 4.78 is 20.7.